The first kappa shape index (κ1) is 16.1. The molecule has 5 N–H and O–H groups in total. The molecule has 2 saturated carbocycles. The van der Waals surface area contributed by atoms with Crippen LogP contribution in [-0.2, 0) is 0 Å². The molecule has 0 spiro atoms. The van der Waals surface area contributed by atoms with Crippen LogP contribution in [0.25, 0.3) is 10.2 Å². The molecular weight excluding hydrogens is 349 g/mol. The summed E-state index contributed by atoms with van der Waals surface area (Å²) in [4.78, 5) is 4.64. The monoisotopic (exact) mass is 371 g/mol. The second-order valence-corrected chi connectivity index (χ2v) is 8.55. The fourth-order valence-corrected chi connectivity index (χ4v) is 4.67. The van der Waals surface area contributed by atoms with Crippen molar-refractivity contribution in [1.82, 2.24) is 15.6 Å². The Kier molecular flexibility index (Phi) is 3.68. The molecule has 2 fully saturated rings. The van der Waals surface area contributed by atoms with E-state index in [9.17, 15) is 4.39 Å². The quantitative estimate of drug-likeness (QED) is 0.650. The first-order valence-corrected chi connectivity index (χ1v) is 9.95. The second kappa shape index (κ2) is 5.96. The highest BCUT2D eigenvalue weighted by Gasteiger charge is 2.48. The van der Waals surface area contributed by atoms with E-state index in [-0.39, 0.29) is 11.7 Å². The Morgan fingerprint density at radius 2 is 2.00 bits per heavy atom. The molecule has 1 unspecified atom stereocenters. The molecule has 1 aromatic carbocycles. The number of anilines is 1. The summed E-state index contributed by atoms with van der Waals surface area (Å²) in [6.45, 7) is 0. The number of nitrogens with one attached hydrogen (secondary N) is 3. The summed E-state index contributed by atoms with van der Waals surface area (Å²) in [5.74, 6) is -0.0334. The van der Waals surface area contributed by atoms with Crippen LogP contribution in [0, 0.1) is 5.92 Å². The van der Waals surface area contributed by atoms with E-state index >= 15 is 0 Å². The van der Waals surface area contributed by atoms with Gasteiger partial charge in [-0.3, -0.25) is 0 Å². The standard InChI is InChI=1S/C19H22FN5S/c20-12-9-17(23-13-5-6-13)19(21,22-10-12)11-7-14(8-11)24-18-25-15-3-1-2-4-16(15)26-18/h1-4,9-11,13-14,22-23H,5-8,21H2,(H,24,25). The Balaban J connectivity index is 1.26. The van der Waals surface area contributed by atoms with Crippen molar-refractivity contribution >= 4 is 26.7 Å². The molecule has 0 amide bonds. The highest BCUT2D eigenvalue weighted by Crippen LogP contribution is 2.41. The van der Waals surface area contributed by atoms with Gasteiger partial charge >= 0.3 is 0 Å². The number of allylic oxidation sites excluding steroid dienone is 2. The normalized spacial score (nSPS) is 30.8. The molecule has 0 saturated heterocycles. The minimum absolute atomic E-state index is 0.247. The molecule has 3 aliphatic rings. The van der Waals surface area contributed by atoms with E-state index in [1.807, 2.05) is 18.2 Å². The minimum Gasteiger partial charge on any atom is -0.382 e. The van der Waals surface area contributed by atoms with Crippen molar-refractivity contribution in [2.75, 3.05) is 5.32 Å². The first-order chi connectivity index (χ1) is 12.6. The van der Waals surface area contributed by atoms with Gasteiger partial charge in [0.1, 0.15) is 11.5 Å². The highest BCUT2D eigenvalue weighted by atomic mass is 32.1. The molecule has 1 aromatic heterocycles. The number of benzene rings is 1. The predicted molar refractivity (Wildman–Crippen MR) is 103 cm³/mol. The Morgan fingerprint density at radius 1 is 1.19 bits per heavy atom. The molecule has 1 aliphatic heterocycles. The second-order valence-electron chi connectivity index (χ2n) is 7.52. The summed E-state index contributed by atoms with van der Waals surface area (Å²) in [6, 6.07) is 8.94. The van der Waals surface area contributed by atoms with Crippen LogP contribution < -0.4 is 21.7 Å². The number of nitrogens with two attached hydrogens (primary N) is 1. The van der Waals surface area contributed by atoms with E-state index < -0.39 is 5.66 Å². The van der Waals surface area contributed by atoms with Crippen LogP contribution >= 0.6 is 11.3 Å². The molecule has 2 aliphatic carbocycles. The van der Waals surface area contributed by atoms with Crippen molar-refractivity contribution in [3.05, 3.63) is 48.1 Å². The first-order valence-electron chi connectivity index (χ1n) is 9.13. The number of rotatable bonds is 5. The molecule has 5 nitrogen and oxygen atoms in total. The topological polar surface area (TPSA) is 75.0 Å². The van der Waals surface area contributed by atoms with Gasteiger partial charge in [-0.1, -0.05) is 23.5 Å². The van der Waals surface area contributed by atoms with Gasteiger partial charge in [-0.05, 0) is 43.9 Å². The number of halogens is 1. The van der Waals surface area contributed by atoms with E-state index in [1.54, 1.807) is 17.4 Å². The number of para-hydroxylation sites is 1. The van der Waals surface area contributed by atoms with Crippen molar-refractivity contribution in [2.24, 2.45) is 11.7 Å². The molecule has 7 heteroatoms. The Hall–Kier alpha value is -2.12. The van der Waals surface area contributed by atoms with E-state index in [1.165, 1.54) is 10.9 Å². The van der Waals surface area contributed by atoms with Gasteiger partial charge in [0.05, 0.1) is 15.9 Å². The zero-order valence-electron chi connectivity index (χ0n) is 14.3. The van der Waals surface area contributed by atoms with E-state index in [0.29, 0.717) is 12.1 Å². The number of nitrogens with zero attached hydrogens (tertiary/aromatic N) is 1. The molecular formula is C19H22FN5S. The van der Waals surface area contributed by atoms with Crippen LogP contribution in [0.3, 0.4) is 0 Å². The average molecular weight is 371 g/mol. The van der Waals surface area contributed by atoms with E-state index in [0.717, 1.165) is 42.0 Å². The lowest BCUT2D eigenvalue weighted by Crippen LogP contribution is -2.66. The fraction of sp³-hybridized carbons (Fsp3) is 0.421. The smallest absolute Gasteiger partial charge is 0.184 e. The zero-order chi connectivity index (χ0) is 17.7. The summed E-state index contributed by atoms with van der Waals surface area (Å²) < 4.78 is 14.9. The van der Waals surface area contributed by atoms with Gasteiger partial charge in [0.15, 0.2) is 5.13 Å². The summed E-state index contributed by atoms with van der Waals surface area (Å²) in [6.07, 6.45) is 7.04. The van der Waals surface area contributed by atoms with Crippen LogP contribution in [0.15, 0.2) is 48.1 Å². The number of fused-ring (bicyclic) bond motifs is 1. The summed E-state index contributed by atoms with van der Waals surface area (Å²) in [5.41, 5.74) is 7.76. The van der Waals surface area contributed by atoms with Crippen molar-refractivity contribution in [2.45, 2.75) is 43.4 Å². The summed E-state index contributed by atoms with van der Waals surface area (Å²) in [7, 11) is 0. The van der Waals surface area contributed by atoms with Crippen molar-refractivity contribution in [3.63, 3.8) is 0 Å². The van der Waals surface area contributed by atoms with Crippen molar-refractivity contribution in [3.8, 4) is 0 Å². The zero-order valence-corrected chi connectivity index (χ0v) is 15.2. The lowest BCUT2D eigenvalue weighted by Gasteiger charge is -2.49. The Bertz CT molecular complexity index is 863. The van der Waals surface area contributed by atoms with Gasteiger partial charge in [-0.25, -0.2) is 9.37 Å². The molecule has 2 heterocycles. The molecule has 0 radical (unpaired) electrons. The third-order valence-corrected chi connectivity index (χ3v) is 6.48. The number of aromatic nitrogens is 1. The fourth-order valence-electron chi connectivity index (χ4n) is 3.73. The maximum Gasteiger partial charge on any atom is 0.184 e. The van der Waals surface area contributed by atoms with E-state index in [2.05, 4.69) is 27.0 Å². The van der Waals surface area contributed by atoms with E-state index in [4.69, 9.17) is 5.73 Å². The third kappa shape index (κ3) is 2.85. The maximum absolute atomic E-state index is 13.7. The summed E-state index contributed by atoms with van der Waals surface area (Å²) >= 11 is 1.68. The molecule has 26 heavy (non-hydrogen) atoms. The third-order valence-electron chi connectivity index (χ3n) is 5.52. The Morgan fingerprint density at radius 3 is 2.77 bits per heavy atom. The van der Waals surface area contributed by atoms with Crippen LogP contribution in [0.2, 0.25) is 0 Å². The van der Waals surface area contributed by atoms with Gasteiger partial charge in [-0.15, -0.1) is 0 Å². The Labute approximate surface area is 155 Å². The largest absolute Gasteiger partial charge is 0.382 e. The molecule has 1 atom stereocenters. The molecule has 0 bridgehead atoms. The number of dihydropyridines is 1. The molecule has 5 rings (SSSR count). The van der Waals surface area contributed by atoms with Gasteiger partial charge < -0.3 is 21.7 Å². The predicted octanol–water partition coefficient (Wildman–Crippen LogP) is 3.19. The van der Waals surface area contributed by atoms with Crippen molar-refractivity contribution in [1.29, 1.82) is 0 Å². The number of hydrogen-bond donors (Lipinski definition) is 4. The van der Waals surface area contributed by atoms with Crippen LogP contribution in [0.4, 0.5) is 9.52 Å². The molecule has 136 valence electrons. The molecule has 2 aromatic rings. The van der Waals surface area contributed by atoms with Crippen LogP contribution in [0.1, 0.15) is 25.7 Å². The van der Waals surface area contributed by atoms with Crippen molar-refractivity contribution < 1.29 is 4.39 Å². The van der Waals surface area contributed by atoms with Crippen LogP contribution in [-0.4, -0.2) is 22.7 Å². The highest BCUT2D eigenvalue weighted by molar-refractivity contribution is 7.22. The minimum atomic E-state index is -0.718. The van der Waals surface area contributed by atoms with Gasteiger partial charge in [0.2, 0.25) is 0 Å². The summed E-state index contributed by atoms with van der Waals surface area (Å²) in [5, 5.41) is 11.0. The van der Waals surface area contributed by atoms with Gasteiger partial charge in [0, 0.05) is 24.2 Å². The maximum atomic E-state index is 13.7. The lowest BCUT2D eigenvalue weighted by atomic mass is 9.70. The lowest BCUT2D eigenvalue weighted by molar-refractivity contribution is 0.151. The van der Waals surface area contributed by atoms with Gasteiger partial charge in [-0.2, -0.15) is 0 Å². The SMILES string of the molecule is NC1(C2CC(Nc3nc4ccccc4s3)C2)NC=C(F)C=C1NC1CC1. The average Bonchev–Trinajstić information content (AvgIpc) is 3.30. The number of thiazole rings is 1. The van der Waals surface area contributed by atoms with Gasteiger partial charge in [0.25, 0.3) is 0 Å². The number of hydrogen-bond acceptors (Lipinski definition) is 6. The van der Waals surface area contributed by atoms with Crippen LogP contribution in [0.5, 0.6) is 0 Å².